The van der Waals surface area contributed by atoms with Crippen LogP contribution in [0.2, 0.25) is 15.1 Å². The molecule has 1 N–H and O–H groups in total. The van der Waals surface area contributed by atoms with Gasteiger partial charge in [-0.2, -0.15) is 0 Å². The second-order valence-electron chi connectivity index (χ2n) is 3.97. The zero-order chi connectivity index (χ0) is 13.0. The molecule has 94 valence electrons. The summed E-state index contributed by atoms with van der Waals surface area (Å²) in [5.74, 6) is 0. The van der Waals surface area contributed by atoms with Gasteiger partial charge in [-0.15, -0.1) is 0 Å². The third-order valence-corrected chi connectivity index (χ3v) is 3.37. The topological polar surface area (TPSA) is 12.0 Å². The van der Waals surface area contributed by atoms with Crippen LogP contribution in [0.25, 0.3) is 0 Å². The number of benzene rings is 2. The highest BCUT2D eigenvalue weighted by molar-refractivity contribution is 6.35. The fourth-order valence-electron chi connectivity index (χ4n) is 1.65. The molecule has 0 fully saturated rings. The molecule has 2 rings (SSSR count). The SMILES string of the molecule is Clc1cccc(CNCc2ccc(Cl)cc2Cl)c1. The highest BCUT2D eigenvalue weighted by Crippen LogP contribution is 2.20. The molecule has 0 spiro atoms. The molecule has 0 aliphatic carbocycles. The van der Waals surface area contributed by atoms with E-state index in [-0.39, 0.29) is 0 Å². The first-order valence-electron chi connectivity index (χ1n) is 5.54. The van der Waals surface area contributed by atoms with Gasteiger partial charge in [-0.05, 0) is 35.4 Å². The van der Waals surface area contributed by atoms with Gasteiger partial charge in [-0.1, -0.05) is 53.0 Å². The third kappa shape index (κ3) is 3.89. The van der Waals surface area contributed by atoms with E-state index in [1.54, 1.807) is 6.07 Å². The van der Waals surface area contributed by atoms with Gasteiger partial charge in [0, 0.05) is 28.2 Å². The first-order valence-corrected chi connectivity index (χ1v) is 6.67. The van der Waals surface area contributed by atoms with Crippen molar-refractivity contribution in [3.63, 3.8) is 0 Å². The van der Waals surface area contributed by atoms with Crippen molar-refractivity contribution in [1.82, 2.24) is 5.32 Å². The van der Waals surface area contributed by atoms with Crippen molar-refractivity contribution in [2.45, 2.75) is 13.1 Å². The largest absolute Gasteiger partial charge is 0.309 e. The number of rotatable bonds is 4. The lowest BCUT2D eigenvalue weighted by atomic mass is 10.2. The van der Waals surface area contributed by atoms with Crippen molar-refractivity contribution in [2.75, 3.05) is 0 Å². The van der Waals surface area contributed by atoms with Crippen LogP contribution in [0.4, 0.5) is 0 Å². The van der Waals surface area contributed by atoms with E-state index in [0.717, 1.165) is 22.7 Å². The Bertz CT molecular complexity index is 540. The molecular formula is C14H12Cl3N. The lowest BCUT2D eigenvalue weighted by Gasteiger charge is -2.07. The highest BCUT2D eigenvalue weighted by atomic mass is 35.5. The van der Waals surface area contributed by atoms with Crippen LogP contribution < -0.4 is 5.32 Å². The van der Waals surface area contributed by atoms with Gasteiger partial charge in [0.2, 0.25) is 0 Å². The summed E-state index contributed by atoms with van der Waals surface area (Å²) >= 11 is 17.9. The standard InChI is InChI=1S/C14H12Cl3N/c15-12-3-1-2-10(6-12)8-18-9-11-4-5-13(16)7-14(11)17/h1-7,18H,8-9H2. The van der Waals surface area contributed by atoms with E-state index in [9.17, 15) is 0 Å². The summed E-state index contributed by atoms with van der Waals surface area (Å²) in [6.45, 7) is 1.45. The Kier molecular flexibility index (Phi) is 4.90. The molecule has 0 saturated carbocycles. The minimum atomic E-state index is 0.651. The van der Waals surface area contributed by atoms with E-state index in [0.29, 0.717) is 16.6 Å². The molecule has 0 saturated heterocycles. The second-order valence-corrected chi connectivity index (χ2v) is 5.25. The molecule has 0 heterocycles. The van der Waals surface area contributed by atoms with Crippen LogP contribution in [-0.2, 0) is 13.1 Å². The zero-order valence-corrected chi connectivity index (χ0v) is 11.9. The maximum absolute atomic E-state index is 6.09. The molecular weight excluding hydrogens is 289 g/mol. The zero-order valence-electron chi connectivity index (χ0n) is 9.59. The minimum absolute atomic E-state index is 0.651. The molecule has 2 aromatic carbocycles. The Labute approximate surface area is 122 Å². The van der Waals surface area contributed by atoms with Gasteiger partial charge in [0.1, 0.15) is 0 Å². The molecule has 0 aliphatic heterocycles. The summed E-state index contributed by atoms with van der Waals surface area (Å²) in [6.07, 6.45) is 0. The van der Waals surface area contributed by atoms with Crippen LogP contribution >= 0.6 is 34.8 Å². The molecule has 0 atom stereocenters. The van der Waals surface area contributed by atoms with Crippen molar-refractivity contribution in [1.29, 1.82) is 0 Å². The second kappa shape index (κ2) is 6.44. The molecule has 0 bridgehead atoms. The molecule has 2 aromatic rings. The average molecular weight is 301 g/mol. The summed E-state index contributed by atoms with van der Waals surface area (Å²) in [5.41, 5.74) is 2.18. The van der Waals surface area contributed by atoms with Crippen molar-refractivity contribution < 1.29 is 0 Å². The first kappa shape index (κ1) is 13.7. The van der Waals surface area contributed by atoms with Crippen LogP contribution in [0.15, 0.2) is 42.5 Å². The van der Waals surface area contributed by atoms with Gasteiger partial charge in [-0.3, -0.25) is 0 Å². The Balaban J connectivity index is 1.92. The fraction of sp³-hybridized carbons (Fsp3) is 0.143. The predicted molar refractivity (Wildman–Crippen MR) is 78.5 cm³/mol. The maximum Gasteiger partial charge on any atom is 0.0465 e. The van der Waals surface area contributed by atoms with Gasteiger partial charge >= 0.3 is 0 Å². The molecule has 0 amide bonds. The molecule has 0 radical (unpaired) electrons. The molecule has 4 heteroatoms. The lowest BCUT2D eigenvalue weighted by Crippen LogP contribution is -2.12. The minimum Gasteiger partial charge on any atom is -0.309 e. The predicted octanol–water partition coefficient (Wildman–Crippen LogP) is 4.94. The van der Waals surface area contributed by atoms with Crippen LogP contribution in [0.1, 0.15) is 11.1 Å². The van der Waals surface area contributed by atoms with Gasteiger partial charge in [0.25, 0.3) is 0 Å². The van der Waals surface area contributed by atoms with Gasteiger partial charge in [0.05, 0.1) is 0 Å². The van der Waals surface area contributed by atoms with Crippen LogP contribution in [0, 0.1) is 0 Å². The van der Waals surface area contributed by atoms with E-state index >= 15 is 0 Å². The Morgan fingerprint density at radius 3 is 2.33 bits per heavy atom. The third-order valence-electron chi connectivity index (χ3n) is 2.55. The molecule has 0 unspecified atom stereocenters. The molecule has 0 aromatic heterocycles. The maximum atomic E-state index is 6.09. The Hall–Kier alpha value is -0.730. The molecule has 1 nitrogen and oxygen atoms in total. The quantitative estimate of drug-likeness (QED) is 0.843. The molecule has 0 aliphatic rings. The number of hydrogen-bond donors (Lipinski definition) is 1. The summed E-state index contributed by atoms with van der Waals surface area (Å²) in [7, 11) is 0. The smallest absolute Gasteiger partial charge is 0.0465 e. The van der Waals surface area contributed by atoms with Gasteiger partial charge in [0.15, 0.2) is 0 Å². The highest BCUT2D eigenvalue weighted by Gasteiger charge is 2.01. The Morgan fingerprint density at radius 2 is 1.61 bits per heavy atom. The Morgan fingerprint density at radius 1 is 0.833 bits per heavy atom. The van der Waals surface area contributed by atoms with Crippen LogP contribution in [0.3, 0.4) is 0 Å². The van der Waals surface area contributed by atoms with Crippen molar-refractivity contribution in [2.24, 2.45) is 0 Å². The normalized spacial score (nSPS) is 10.6. The van der Waals surface area contributed by atoms with E-state index in [2.05, 4.69) is 5.32 Å². The van der Waals surface area contributed by atoms with Crippen LogP contribution in [0.5, 0.6) is 0 Å². The number of halogens is 3. The van der Waals surface area contributed by atoms with Crippen molar-refractivity contribution >= 4 is 34.8 Å². The van der Waals surface area contributed by atoms with E-state index < -0.39 is 0 Å². The monoisotopic (exact) mass is 299 g/mol. The molecule has 18 heavy (non-hydrogen) atoms. The van der Waals surface area contributed by atoms with Crippen molar-refractivity contribution in [3.05, 3.63) is 68.7 Å². The summed E-state index contributed by atoms with van der Waals surface area (Å²) < 4.78 is 0. The summed E-state index contributed by atoms with van der Waals surface area (Å²) in [5, 5.41) is 5.40. The summed E-state index contributed by atoms with van der Waals surface area (Å²) in [4.78, 5) is 0. The van der Waals surface area contributed by atoms with E-state index in [4.69, 9.17) is 34.8 Å². The van der Waals surface area contributed by atoms with E-state index in [1.165, 1.54) is 0 Å². The fourth-order valence-corrected chi connectivity index (χ4v) is 2.34. The number of hydrogen-bond acceptors (Lipinski definition) is 1. The van der Waals surface area contributed by atoms with Gasteiger partial charge < -0.3 is 5.32 Å². The summed E-state index contributed by atoms with van der Waals surface area (Å²) in [6, 6.07) is 13.3. The number of nitrogens with one attached hydrogen (secondary N) is 1. The van der Waals surface area contributed by atoms with Crippen molar-refractivity contribution in [3.8, 4) is 0 Å². The van der Waals surface area contributed by atoms with Crippen LogP contribution in [-0.4, -0.2) is 0 Å². The van der Waals surface area contributed by atoms with E-state index in [1.807, 2.05) is 36.4 Å². The lowest BCUT2D eigenvalue weighted by molar-refractivity contribution is 0.693. The average Bonchev–Trinajstić information content (AvgIpc) is 2.32. The first-order chi connectivity index (χ1) is 8.65. The van der Waals surface area contributed by atoms with Gasteiger partial charge in [-0.25, -0.2) is 0 Å².